The molecule has 0 unspecified atom stereocenters. The van der Waals surface area contributed by atoms with Gasteiger partial charge in [-0.3, -0.25) is 4.68 Å². The Bertz CT molecular complexity index is 705. The lowest BCUT2D eigenvalue weighted by molar-refractivity contribution is 0.359. The summed E-state index contributed by atoms with van der Waals surface area (Å²) < 4.78 is 1.79. The highest BCUT2D eigenvalue weighted by Gasteiger charge is 2.19. The van der Waals surface area contributed by atoms with Crippen molar-refractivity contribution in [2.75, 3.05) is 13.1 Å². The van der Waals surface area contributed by atoms with Gasteiger partial charge in [-0.15, -0.1) is 0 Å². The Labute approximate surface area is 155 Å². The number of guanidine groups is 1. The predicted molar refractivity (Wildman–Crippen MR) is 105 cm³/mol. The summed E-state index contributed by atoms with van der Waals surface area (Å²) in [4.78, 5) is 4.64. The SMILES string of the molecule is CCNC(=NCc1cnn(C)c1)NCC(C)(C)Cc1cccc(Cl)c1. The van der Waals surface area contributed by atoms with Crippen LogP contribution in [0, 0.1) is 5.41 Å². The predicted octanol–water partition coefficient (Wildman–Crippen LogP) is 3.40. The van der Waals surface area contributed by atoms with Crippen molar-refractivity contribution in [1.82, 2.24) is 20.4 Å². The topological polar surface area (TPSA) is 54.2 Å². The first kappa shape index (κ1) is 19.3. The molecule has 0 atom stereocenters. The molecule has 136 valence electrons. The summed E-state index contributed by atoms with van der Waals surface area (Å²) >= 11 is 6.09. The van der Waals surface area contributed by atoms with Crippen LogP contribution in [0.2, 0.25) is 5.02 Å². The second-order valence-electron chi connectivity index (χ2n) is 7.04. The van der Waals surface area contributed by atoms with Gasteiger partial charge in [-0.1, -0.05) is 37.6 Å². The average molecular weight is 362 g/mol. The van der Waals surface area contributed by atoms with Crippen molar-refractivity contribution in [2.45, 2.75) is 33.7 Å². The molecule has 0 fully saturated rings. The van der Waals surface area contributed by atoms with Crippen molar-refractivity contribution < 1.29 is 0 Å². The number of aromatic nitrogens is 2. The van der Waals surface area contributed by atoms with Gasteiger partial charge in [-0.25, -0.2) is 4.99 Å². The quantitative estimate of drug-likeness (QED) is 0.587. The van der Waals surface area contributed by atoms with Crippen molar-refractivity contribution in [1.29, 1.82) is 0 Å². The van der Waals surface area contributed by atoms with Crippen LogP contribution >= 0.6 is 11.6 Å². The molecule has 5 nitrogen and oxygen atoms in total. The lowest BCUT2D eigenvalue weighted by Gasteiger charge is -2.26. The molecule has 2 N–H and O–H groups in total. The molecule has 0 aliphatic rings. The minimum absolute atomic E-state index is 0.0785. The van der Waals surface area contributed by atoms with E-state index in [2.05, 4.69) is 47.6 Å². The van der Waals surface area contributed by atoms with E-state index in [9.17, 15) is 0 Å². The molecule has 0 amide bonds. The zero-order chi connectivity index (χ0) is 18.3. The number of nitrogens with one attached hydrogen (secondary N) is 2. The molecule has 0 saturated heterocycles. The van der Waals surface area contributed by atoms with Crippen LogP contribution in [0.15, 0.2) is 41.7 Å². The minimum Gasteiger partial charge on any atom is -0.357 e. The number of benzene rings is 1. The van der Waals surface area contributed by atoms with Crippen LogP contribution in [0.25, 0.3) is 0 Å². The summed E-state index contributed by atoms with van der Waals surface area (Å²) in [5.74, 6) is 0.825. The number of aliphatic imine (C=N–C) groups is 1. The number of hydrogen-bond donors (Lipinski definition) is 2. The van der Waals surface area contributed by atoms with Crippen LogP contribution in [-0.2, 0) is 20.0 Å². The third kappa shape index (κ3) is 6.78. The highest BCUT2D eigenvalue weighted by Crippen LogP contribution is 2.22. The Morgan fingerprint density at radius 1 is 1.28 bits per heavy atom. The normalized spacial score (nSPS) is 12.3. The Morgan fingerprint density at radius 3 is 2.72 bits per heavy atom. The smallest absolute Gasteiger partial charge is 0.191 e. The van der Waals surface area contributed by atoms with Crippen molar-refractivity contribution in [2.24, 2.45) is 17.5 Å². The van der Waals surface area contributed by atoms with Crippen LogP contribution in [0.5, 0.6) is 0 Å². The molecule has 2 aromatic rings. The van der Waals surface area contributed by atoms with Gasteiger partial charge >= 0.3 is 0 Å². The standard InChI is InChI=1S/C19H28ClN5/c1-5-21-18(22-11-16-12-24-25(4)13-16)23-14-19(2,3)10-15-7-6-8-17(20)9-15/h6-9,12-13H,5,10-11,14H2,1-4H3,(H2,21,22,23). The second-order valence-corrected chi connectivity index (χ2v) is 7.48. The van der Waals surface area contributed by atoms with Gasteiger partial charge in [0, 0.05) is 36.9 Å². The number of rotatable bonds is 7. The van der Waals surface area contributed by atoms with Crippen LogP contribution in [0.4, 0.5) is 0 Å². The molecule has 1 aromatic heterocycles. The molecular weight excluding hydrogens is 334 g/mol. The molecule has 0 saturated carbocycles. The number of hydrogen-bond acceptors (Lipinski definition) is 2. The molecule has 1 aromatic carbocycles. The third-order valence-corrected chi connectivity index (χ3v) is 4.06. The van der Waals surface area contributed by atoms with Gasteiger partial charge in [0.2, 0.25) is 0 Å². The van der Waals surface area contributed by atoms with Crippen LogP contribution in [0.3, 0.4) is 0 Å². The average Bonchev–Trinajstić information content (AvgIpc) is 2.95. The van der Waals surface area contributed by atoms with E-state index in [1.807, 2.05) is 37.6 Å². The van der Waals surface area contributed by atoms with Crippen LogP contribution < -0.4 is 10.6 Å². The minimum atomic E-state index is 0.0785. The van der Waals surface area contributed by atoms with Gasteiger partial charge in [-0.2, -0.15) is 5.10 Å². The van der Waals surface area contributed by atoms with E-state index in [-0.39, 0.29) is 5.41 Å². The van der Waals surface area contributed by atoms with Crippen LogP contribution in [-0.4, -0.2) is 28.8 Å². The first-order chi connectivity index (χ1) is 11.9. The fourth-order valence-corrected chi connectivity index (χ4v) is 2.86. The molecule has 0 aliphatic heterocycles. The van der Waals surface area contributed by atoms with Crippen molar-refractivity contribution >= 4 is 17.6 Å². The molecule has 0 spiro atoms. The van der Waals surface area contributed by atoms with Gasteiger partial charge in [-0.05, 0) is 36.5 Å². The van der Waals surface area contributed by atoms with Crippen molar-refractivity contribution in [3.8, 4) is 0 Å². The highest BCUT2D eigenvalue weighted by atomic mass is 35.5. The number of aryl methyl sites for hydroxylation is 1. The lowest BCUT2D eigenvalue weighted by Crippen LogP contribution is -2.42. The van der Waals surface area contributed by atoms with Gasteiger partial charge in [0.05, 0.1) is 12.7 Å². The van der Waals surface area contributed by atoms with E-state index in [1.165, 1.54) is 5.56 Å². The largest absolute Gasteiger partial charge is 0.357 e. The van der Waals surface area contributed by atoms with Crippen molar-refractivity contribution in [3.05, 3.63) is 52.8 Å². The lowest BCUT2D eigenvalue weighted by atomic mass is 9.86. The van der Waals surface area contributed by atoms with Gasteiger partial charge in [0.15, 0.2) is 5.96 Å². The van der Waals surface area contributed by atoms with E-state index in [0.29, 0.717) is 6.54 Å². The summed E-state index contributed by atoms with van der Waals surface area (Å²) in [5, 5.41) is 11.7. The molecular formula is C19H28ClN5. The second kappa shape index (κ2) is 8.90. The fraction of sp³-hybridized carbons (Fsp3) is 0.474. The maximum absolute atomic E-state index is 6.09. The summed E-state index contributed by atoms with van der Waals surface area (Å²) in [5.41, 5.74) is 2.42. The summed E-state index contributed by atoms with van der Waals surface area (Å²) in [6.07, 6.45) is 4.77. The van der Waals surface area contributed by atoms with Gasteiger partial charge < -0.3 is 10.6 Å². The fourth-order valence-electron chi connectivity index (χ4n) is 2.65. The summed E-state index contributed by atoms with van der Waals surface area (Å²) in [6, 6.07) is 8.06. The van der Waals surface area contributed by atoms with E-state index < -0.39 is 0 Å². The maximum Gasteiger partial charge on any atom is 0.191 e. The number of halogens is 1. The first-order valence-corrected chi connectivity index (χ1v) is 9.00. The Morgan fingerprint density at radius 2 is 2.08 bits per heavy atom. The van der Waals surface area contributed by atoms with E-state index in [4.69, 9.17) is 11.6 Å². The molecule has 0 bridgehead atoms. The van der Waals surface area contributed by atoms with Crippen molar-refractivity contribution in [3.63, 3.8) is 0 Å². The maximum atomic E-state index is 6.09. The first-order valence-electron chi connectivity index (χ1n) is 8.62. The van der Waals surface area contributed by atoms with E-state index in [0.717, 1.165) is 36.1 Å². The zero-order valence-electron chi connectivity index (χ0n) is 15.5. The van der Waals surface area contributed by atoms with E-state index >= 15 is 0 Å². The molecule has 0 aliphatic carbocycles. The Balaban J connectivity index is 1.94. The van der Waals surface area contributed by atoms with Gasteiger partial charge in [0.25, 0.3) is 0 Å². The highest BCUT2D eigenvalue weighted by molar-refractivity contribution is 6.30. The van der Waals surface area contributed by atoms with E-state index in [1.54, 1.807) is 4.68 Å². The Kier molecular flexibility index (Phi) is 6.88. The molecule has 2 rings (SSSR count). The molecule has 0 radical (unpaired) electrons. The molecule has 6 heteroatoms. The zero-order valence-corrected chi connectivity index (χ0v) is 16.3. The summed E-state index contributed by atoms with van der Waals surface area (Å²) in [6.45, 7) is 8.80. The monoisotopic (exact) mass is 361 g/mol. The molecule has 1 heterocycles. The summed E-state index contributed by atoms with van der Waals surface area (Å²) in [7, 11) is 1.91. The van der Waals surface area contributed by atoms with Crippen LogP contribution in [0.1, 0.15) is 31.9 Å². The number of nitrogens with zero attached hydrogens (tertiary/aromatic N) is 3. The molecule has 25 heavy (non-hydrogen) atoms. The third-order valence-electron chi connectivity index (χ3n) is 3.83. The Hall–Kier alpha value is -2.01. The van der Waals surface area contributed by atoms with Gasteiger partial charge in [0.1, 0.15) is 0 Å².